The number of fused-ring (bicyclic) bond motifs is 1. The number of aromatic nitrogens is 2. The van der Waals surface area contributed by atoms with Crippen molar-refractivity contribution in [3.63, 3.8) is 0 Å². The second kappa shape index (κ2) is 10.5. The lowest BCUT2D eigenvalue weighted by atomic mass is 10.2. The number of ether oxygens (including phenoxy) is 1. The van der Waals surface area contributed by atoms with E-state index in [0.717, 1.165) is 11.1 Å². The van der Waals surface area contributed by atoms with E-state index >= 15 is 0 Å². The van der Waals surface area contributed by atoms with Crippen LogP contribution in [0.25, 0.3) is 22.3 Å². The van der Waals surface area contributed by atoms with Crippen LogP contribution in [0.1, 0.15) is 16.7 Å². The van der Waals surface area contributed by atoms with Gasteiger partial charge in [-0.1, -0.05) is 83.9 Å². The van der Waals surface area contributed by atoms with Gasteiger partial charge in [-0.3, -0.25) is 4.79 Å². The quantitative estimate of drug-likeness (QED) is 0.206. The average molecular weight is 559 g/mol. The van der Waals surface area contributed by atoms with E-state index in [2.05, 4.69) is 21.0 Å². The third-order valence-electron chi connectivity index (χ3n) is 5.63. The molecule has 0 amide bonds. The van der Waals surface area contributed by atoms with Crippen molar-refractivity contribution < 1.29 is 4.74 Å². The lowest BCUT2D eigenvalue weighted by Crippen LogP contribution is -2.20. The average Bonchev–Trinajstić information content (AvgIpc) is 2.89. The van der Waals surface area contributed by atoms with Gasteiger partial charge < -0.3 is 4.74 Å². The number of hydrogen-bond acceptors (Lipinski definition) is 4. The van der Waals surface area contributed by atoms with Gasteiger partial charge in [0, 0.05) is 5.56 Å². The second-order valence-corrected chi connectivity index (χ2v) is 9.53. The Kier molecular flexibility index (Phi) is 6.98. The van der Waals surface area contributed by atoms with E-state index < -0.39 is 0 Å². The Morgan fingerprint density at radius 3 is 2.47 bits per heavy atom. The van der Waals surface area contributed by atoms with Gasteiger partial charge in [0.1, 0.15) is 6.61 Å². The van der Waals surface area contributed by atoms with Gasteiger partial charge in [-0.15, -0.1) is 0 Å². The van der Waals surface area contributed by atoms with E-state index in [1.54, 1.807) is 18.3 Å². The molecular formula is C29H21BrClN3O2. The molecule has 5 rings (SSSR count). The maximum Gasteiger partial charge on any atom is 0.282 e. The van der Waals surface area contributed by atoms with Gasteiger partial charge in [-0.05, 0) is 58.2 Å². The van der Waals surface area contributed by atoms with Crippen LogP contribution < -0.4 is 10.3 Å². The van der Waals surface area contributed by atoms with Crippen LogP contribution in [0.2, 0.25) is 5.02 Å². The molecule has 0 fully saturated rings. The van der Waals surface area contributed by atoms with Gasteiger partial charge in [0.05, 0.1) is 26.6 Å². The summed E-state index contributed by atoms with van der Waals surface area (Å²) in [5, 5.41) is 5.44. The van der Waals surface area contributed by atoms with E-state index in [1.807, 2.05) is 85.8 Å². The molecule has 5 aromatic rings. The second-order valence-electron chi connectivity index (χ2n) is 8.27. The topological polar surface area (TPSA) is 56.5 Å². The van der Waals surface area contributed by atoms with Crippen LogP contribution in [0.5, 0.6) is 5.75 Å². The first kappa shape index (κ1) is 24.0. The summed E-state index contributed by atoms with van der Waals surface area (Å²) in [4.78, 5) is 18.0. The van der Waals surface area contributed by atoms with Crippen molar-refractivity contribution in [1.82, 2.24) is 9.66 Å². The van der Waals surface area contributed by atoms with Crippen LogP contribution in [0.15, 0.2) is 105 Å². The SMILES string of the molecule is Cc1ccc(COc2c(Cl)cc(C=Nn3c(-c4ccccc4)nc4ccccc4c3=O)cc2Br)cc1. The van der Waals surface area contributed by atoms with Gasteiger partial charge in [0.15, 0.2) is 11.6 Å². The molecule has 0 unspecified atom stereocenters. The third-order valence-corrected chi connectivity index (χ3v) is 6.50. The van der Waals surface area contributed by atoms with E-state index in [-0.39, 0.29) is 5.56 Å². The van der Waals surface area contributed by atoms with E-state index in [1.165, 1.54) is 10.2 Å². The highest BCUT2D eigenvalue weighted by atomic mass is 79.9. The molecule has 0 saturated carbocycles. The number of nitrogens with zero attached hydrogens (tertiary/aromatic N) is 3. The van der Waals surface area contributed by atoms with Gasteiger partial charge in [-0.2, -0.15) is 9.78 Å². The summed E-state index contributed by atoms with van der Waals surface area (Å²) in [5.74, 6) is 1.00. The molecule has 0 radical (unpaired) electrons. The zero-order chi connectivity index (χ0) is 25.1. The molecule has 178 valence electrons. The Balaban J connectivity index is 1.49. The van der Waals surface area contributed by atoms with Crippen LogP contribution in [-0.2, 0) is 6.61 Å². The van der Waals surface area contributed by atoms with Crippen LogP contribution >= 0.6 is 27.5 Å². The Hall–Kier alpha value is -3.74. The van der Waals surface area contributed by atoms with Gasteiger partial charge >= 0.3 is 0 Å². The van der Waals surface area contributed by atoms with Crippen molar-refractivity contribution in [3.05, 3.63) is 128 Å². The van der Waals surface area contributed by atoms with E-state index in [0.29, 0.717) is 44.1 Å². The first-order valence-corrected chi connectivity index (χ1v) is 12.5. The first-order valence-electron chi connectivity index (χ1n) is 11.3. The van der Waals surface area contributed by atoms with E-state index in [4.69, 9.17) is 21.3 Å². The van der Waals surface area contributed by atoms with E-state index in [9.17, 15) is 4.79 Å². The normalized spacial score (nSPS) is 11.3. The molecule has 0 aliphatic heterocycles. The number of para-hydroxylation sites is 1. The molecule has 7 heteroatoms. The third kappa shape index (κ3) is 5.10. The molecule has 1 heterocycles. The zero-order valence-corrected chi connectivity index (χ0v) is 21.7. The highest BCUT2D eigenvalue weighted by molar-refractivity contribution is 9.10. The lowest BCUT2D eigenvalue weighted by Gasteiger charge is -2.12. The van der Waals surface area contributed by atoms with Crippen LogP contribution in [0, 0.1) is 6.92 Å². The lowest BCUT2D eigenvalue weighted by molar-refractivity contribution is 0.304. The largest absolute Gasteiger partial charge is 0.486 e. The predicted octanol–water partition coefficient (Wildman–Crippen LogP) is 7.25. The Morgan fingerprint density at radius 2 is 1.72 bits per heavy atom. The fraction of sp³-hybridized carbons (Fsp3) is 0.0690. The van der Waals surface area contributed by atoms with Crippen LogP contribution in [0.4, 0.5) is 0 Å². The molecule has 0 aliphatic rings. The van der Waals surface area contributed by atoms with Crippen molar-refractivity contribution in [3.8, 4) is 17.1 Å². The predicted molar refractivity (Wildman–Crippen MR) is 149 cm³/mol. The van der Waals surface area contributed by atoms with Gasteiger partial charge in [0.25, 0.3) is 5.56 Å². The van der Waals surface area contributed by atoms with Gasteiger partial charge in [0.2, 0.25) is 0 Å². The smallest absolute Gasteiger partial charge is 0.282 e. The minimum atomic E-state index is -0.251. The summed E-state index contributed by atoms with van der Waals surface area (Å²) in [6, 6.07) is 28.5. The van der Waals surface area contributed by atoms with Crippen molar-refractivity contribution in [2.45, 2.75) is 13.5 Å². The summed E-state index contributed by atoms with van der Waals surface area (Å²) in [6.45, 7) is 2.44. The summed E-state index contributed by atoms with van der Waals surface area (Å²) in [7, 11) is 0. The molecule has 5 nitrogen and oxygen atoms in total. The Labute approximate surface area is 221 Å². The fourth-order valence-electron chi connectivity index (χ4n) is 3.76. The molecule has 0 atom stereocenters. The van der Waals surface area contributed by atoms with Crippen LogP contribution in [0.3, 0.4) is 0 Å². The molecule has 0 bridgehead atoms. The minimum Gasteiger partial charge on any atom is -0.486 e. The number of benzene rings is 4. The molecule has 36 heavy (non-hydrogen) atoms. The maximum atomic E-state index is 13.3. The Morgan fingerprint density at radius 1 is 1.00 bits per heavy atom. The molecule has 0 saturated heterocycles. The molecule has 0 spiro atoms. The number of rotatable bonds is 6. The molecular weight excluding hydrogens is 538 g/mol. The number of aryl methyl sites for hydroxylation is 1. The summed E-state index contributed by atoms with van der Waals surface area (Å²) < 4.78 is 7.98. The number of halogens is 2. The highest BCUT2D eigenvalue weighted by Gasteiger charge is 2.13. The molecule has 0 aliphatic carbocycles. The van der Waals surface area contributed by atoms with Crippen molar-refractivity contribution in [2.24, 2.45) is 5.10 Å². The highest BCUT2D eigenvalue weighted by Crippen LogP contribution is 2.35. The first-order chi connectivity index (χ1) is 17.5. The molecule has 4 aromatic carbocycles. The monoisotopic (exact) mass is 557 g/mol. The van der Waals surface area contributed by atoms with Gasteiger partial charge in [-0.25, -0.2) is 4.98 Å². The fourth-order valence-corrected chi connectivity index (χ4v) is 4.75. The van der Waals surface area contributed by atoms with Crippen LogP contribution in [-0.4, -0.2) is 15.9 Å². The molecule has 1 aromatic heterocycles. The standard InChI is InChI=1S/C29H21BrClN3O2/c1-19-11-13-20(14-12-19)18-36-27-24(30)15-21(16-25(27)31)17-32-34-28(22-7-3-2-4-8-22)33-26-10-6-5-9-23(26)29(34)35/h2-17H,18H2,1H3. The number of hydrogen-bond donors (Lipinski definition) is 0. The Bertz CT molecular complexity index is 1610. The van der Waals surface area contributed by atoms with Crippen molar-refractivity contribution in [2.75, 3.05) is 0 Å². The minimum absolute atomic E-state index is 0.251. The summed E-state index contributed by atoms with van der Waals surface area (Å²) in [5.41, 5.74) is 4.10. The van der Waals surface area contributed by atoms with Crippen molar-refractivity contribution >= 4 is 44.6 Å². The summed E-state index contributed by atoms with van der Waals surface area (Å²) >= 11 is 10.1. The summed E-state index contributed by atoms with van der Waals surface area (Å²) in [6.07, 6.45) is 1.59. The molecule has 0 N–H and O–H groups in total. The van der Waals surface area contributed by atoms with Crippen molar-refractivity contribution in [1.29, 1.82) is 0 Å². The zero-order valence-electron chi connectivity index (χ0n) is 19.4. The maximum absolute atomic E-state index is 13.3.